The first kappa shape index (κ1) is 19.5. The molecule has 140 valence electrons. The third kappa shape index (κ3) is 4.36. The monoisotopic (exact) mass is 368 g/mol. The minimum absolute atomic E-state index is 0.0477. The van der Waals surface area contributed by atoms with Crippen LogP contribution in [0.15, 0.2) is 48.5 Å². The van der Waals surface area contributed by atoms with Gasteiger partial charge in [0.1, 0.15) is 0 Å². The van der Waals surface area contributed by atoms with Crippen molar-refractivity contribution in [2.45, 2.75) is 45.4 Å². The van der Waals surface area contributed by atoms with E-state index < -0.39 is 5.97 Å². The number of rotatable bonds is 2. The van der Waals surface area contributed by atoms with Crippen molar-refractivity contribution in [3.8, 4) is 23.7 Å². The maximum Gasteiger partial charge on any atom is 0.335 e. The molecule has 0 atom stereocenters. The van der Waals surface area contributed by atoms with Gasteiger partial charge in [-0.2, -0.15) is 0 Å². The summed E-state index contributed by atoms with van der Waals surface area (Å²) in [5, 5.41) is 8.98. The smallest absolute Gasteiger partial charge is 0.335 e. The summed E-state index contributed by atoms with van der Waals surface area (Å²) < 4.78 is 0. The number of carbonyl (C=O) groups is 1. The van der Waals surface area contributed by atoms with Gasteiger partial charge in [0.15, 0.2) is 0 Å². The Morgan fingerprint density at radius 2 is 1.71 bits per heavy atom. The molecule has 0 heterocycles. The zero-order valence-corrected chi connectivity index (χ0v) is 16.6. The van der Waals surface area contributed by atoms with E-state index in [0.29, 0.717) is 0 Å². The van der Waals surface area contributed by atoms with Gasteiger partial charge >= 0.3 is 5.97 Å². The average molecular weight is 368 g/mol. The molecule has 0 fully saturated rings. The Labute approximate surface area is 167 Å². The molecule has 0 bridgehead atoms. The highest BCUT2D eigenvalue weighted by molar-refractivity contribution is 5.87. The van der Waals surface area contributed by atoms with Gasteiger partial charge in [-0.25, -0.2) is 4.79 Å². The van der Waals surface area contributed by atoms with Crippen LogP contribution in [-0.4, -0.2) is 11.1 Å². The Kier molecular flexibility index (Phi) is 5.72. The summed E-state index contributed by atoms with van der Waals surface area (Å²) in [6.07, 6.45) is 5.20. The van der Waals surface area contributed by atoms with Crippen molar-refractivity contribution < 1.29 is 9.90 Å². The number of allylic oxidation sites excluding steroid dienone is 2. The van der Waals surface area contributed by atoms with E-state index in [1.165, 1.54) is 11.1 Å². The molecule has 0 saturated heterocycles. The highest BCUT2D eigenvalue weighted by atomic mass is 16.4. The summed E-state index contributed by atoms with van der Waals surface area (Å²) >= 11 is 0. The number of hydrogen-bond acceptors (Lipinski definition) is 1. The van der Waals surface area contributed by atoms with Gasteiger partial charge in [-0.3, -0.25) is 0 Å². The quantitative estimate of drug-likeness (QED) is 0.695. The Morgan fingerprint density at radius 1 is 1.04 bits per heavy atom. The van der Waals surface area contributed by atoms with Crippen LogP contribution < -0.4 is 0 Å². The SMILES string of the molecule is CCCC#CC1=CCC(C)(C)c2cc(C#Cc3ccc(C(=O)O)cc3)ccc21. The topological polar surface area (TPSA) is 37.3 Å². The van der Waals surface area contributed by atoms with Crippen LogP contribution in [0.4, 0.5) is 0 Å². The Balaban J connectivity index is 1.92. The second-order valence-corrected chi connectivity index (χ2v) is 7.65. The standard InChI is InChI=1S/C26H24O2/c1-4-5-6-7-21-16-17-26(2,3)24-18-20(12-15-23(21)24)9-8-19-10-13-22(14-11-19)25(27)28/h10-16,18H,4-5,17H2,1-3H3,(H,27,28). The lowest BCUT2D eigenvalue weighted by Crippen LogP contribution is -2.21. The molecule has 1 N–H and O–H groups in total. The van der Waals surface area contributed by atoms with Crippen LogP contribution >= 0.6 is 0 Å². The molecule has 2 nitrogen and oxygen atoms in total. The van der Waals surface area contributed by atoms with Crippen LogP contribution in [-0.2, 0) is 5.41 Å². The summed E-state index contributed by atoms with van der Waals surface area (Å²) in [4.78, 5) is 10.9. The number of aromatic carboxylic acids is 1. The molecule has 1 aliphatic carbocycles. The molecular formula is C26H24O2. The third-order valence-corrected chi connectivity index (χ3v) is 4.94. The zero-order valence-electron chi connectivity index (χ0n) is 16.6. The molecule has 0 amide bonds. The van der Waals surface area contributed by atoms with Gasteiger partial charge in [-0.05, 0) is 65.8 Å². The van der Waals surface area contributed by atoms with Gasteiger partial charge in [-0.15, -0.1) is 0 Å². The molecule has 2 aromatic rings. The van der Waals surface area contributed by atoms with E-state index in [9.17, 15) is 4.79 Å². The number of carboxylic acid groups (broad SMARTS) is 1. The highest BCUT2D eigenvalue weighted by Crippen LogP contribution is 2.39. The average Bonchev–Trinajstić information content (AvgIpc) is 2.69. The van der Waals surface area contributed by atoms with Gasteiger partial charge in [0.05, 0.1) is 5.56 Å². The largest absolute Gasteiger partial charge is 0.478 e. The summed E-state index contributed by atoms with van der Waals surface area (Å²) in [5.41, 5.74) is 5.67. The normalized spacial score (nSPS) is 13.9. The van der Waals surface area contributed by atoms with Crippen molar-refractivity contribution >= 4 is 11.5 Å². The highest BCUT2D eigenvalue weighted by Gasteiger charge is 2.27. The lowest BCUT2D eigenvalue weighted by Gasteiger charge is -2.31. The maximum atomic E-state index is 10.9. The molecule has 0 spiro atoms. The molecule has 2 aromatic carbocycles. The molecule has 0 aromatic heterocycles. The van der Waals surface area contributed by atoms with Crippen molar-refractivity contribution in [1.82, 2.24) is 0 Å². The van der Waals surface area contributed by atoms with E-state index in [2.05, 4.69) is 62.7 Å². The molecule has 1 aliphatic rings. The minimum Gasteiger partial charge on any atom is -0.478 e. The van der Waals surface area contributed by atoms with E-state index in [1.54, 1.807) is 24.3 Å². The second-order valence-electron chi connectivity index (χ2n) is 7.65. The minimum atomic E-state index is -0.928. The Bertz CT molecular complexity index is 1050. The fourth-order valence-electron chi connectivity index (χ4n) is 3.24. The number of benzene rings is 2. The number of hydrogen-bond donors (Lipinski definition) is 1. The molecule has 2 heteroatoms. The summed E-state index contributed by atoms with van der Waals surface area (Å²) in [6.45, 7) is 6.64. The summed E-state index contributed by atoms with van der Waals surface area (Å²) in [5.74, 6) is 12.0. The summed E-state index contributed by atoms with van der Waals surface area (Å²) in [7, 11) is 0. The van der Waals surface area contributed by atoms with Gasteiger partial charge in [0.2, 0.25) is 0 Å². The van der Waals surface area contributed by atoms with Gasteiger partial charge in [0, 0.05) is 23.1 Å². The van der Waals surface area contributed by atoms with Crippen molar-refractivity contribution in [2.24, 2.45) is 0 Å². The molecule has 0 aliphatic heterocycles. The predicted molar refractivity (Wildman–Crippen MR) is 114 cm³/mol. The van der Waals surface area contributed by atoms with Crippen molar-refractivity contribution in [1.29, 1.82) is 0 Å². The van der Waals surface area contributed by atoms with E-state index in [-0.39, 0.29) is 11.0 Å². The summed E-state index contributed by atoms with van der Waals surface area (Å²) in [6, 6.07) is 13.0. The van der Waals surface area contributed by atoms with Crippen molar-refractivity contribution in [2.75, 3.05) is 0 Å². The van der Waals surface area contributed by atoms with Crippen LogP contribution in [0.25, 0.3) is 5.57 Å². The fraction of sp³-hybridized carbons (Fsp3) is 0.269. The fourth-order valence-corrected chi connectivity index (χ4v) is 3.24. The second kappa shape index (κ2) is 8.20. The third-order valence-electron chi connectivity index (χ3n) is 4.94. The first-order chi connectivity index (χ1) is 13.4. The lowest BCUT2D eigenvalue weighted by atomic mass is 9.73. The van der Waals surface area contributed by atoms with E-state index in [4.69, 9.17) is 5.11 Å². The Morgan fingerprint density at radius 3 is 2.39 bits per heavy atom. The van der Waals surface area contributed by atoms with Gasteiger partial charge in [0.25, 0.3) is 0 Å². The van der Waals surface area contributed by atoms with Crippen molar-refractivity contribution in [3.05, 3.63) is 76.4 Å². The molecule has 0 radical (unpaired) electrons. The molecule has 0 unspecified atom stereocenters. The first-order valence-electron chi connectivity index (χ1n) is 9.60. The maximum absolute atomic E-state index is 10.9. The van der Waals surface area contributed by atoms with Gasteiger partial charge in [-0.1, -0.05) is 56.6 Å². The molecule has 28 heavy (non-hydrogen) atoms. The van der Waals surface area contributed by atoms with E-state index >= 15 is 0 Å². The molecular weight excluding hydrogens is 344 g/mol. The number of unbranched alkanes of at least 4 members (excludes halogenated alkanes) is 1. The first-order valence-corrected chi connectivity index (χ1v) is 9.60. The number of carboxylic acids is 1. The van der Waals surface area contributed by atoms with Gasteiger partial charge < -0.3 is 5.11 Å². The molecule has 3 rings (SSSR count). The number of fused-ring (bicyclic) bond motifs is 1. The lowest BCUT2D eigenvalue weighted by molar-refractivity contribution is 0.0697. The Hall–Kier alpha value is -3.23. The van der Waals surface area contributed by atoms with E-state index in [0.717, 1.165) is 36.0 Å². The van der Waals surface area contributed by atoms with Crippen molar-refractivity contribution in [3.63, 3.8) is 0 Å². The van der Waals surface area contributed by atoms with Crippen LogP contribution in [0.3, 0.4) is 0 Å². The predicted octanol–water partition coefficient (Wildman–Crippen LogP) is 5.65. The molecule has 0 saturated carbocycles. The van der Waals surface area contributed by atoms with Crippen LogP contribution in [0.1, 0.15) is 72.6 Å². The van der Waals surface area contributed by atoms with Crippen LogP contribution in [0.5, 0.6) is 0 Å². The van der Waals surface area contributed by atoms with E-state index in [1.807, 2.05) is 6.07 Å². The van der Waals surface area contributed by atoms with Crippen LogP contribution in [0, 0.1) is 23.7 Å². The van der Waals surface area contributed by atoms with Crippen LogP contribution in [0.2, 0.25) is 0 Å². The zero-order chi connectivity index (χ0) is 20.1.